The Morgan fingerprint density at radius 1 is 0.667 bits per heavy atom. The number of carbonyl (C=O) groups excluding carboxylic acids is 7. The van der Waals surface area contributed by atoms with Gasteiger partial charge in [-0.3, -0.25) is 24.5 Å². The minimum absolute atomic E-state index is 0.0142. The Balaban J connectivity index is 1.29. The summed E-state index contributed by atoms with van der Waals surface area (Å²) in [6.07, 6.45) is 1.92. The monoisotopic (exact) mass is 1250 g/mol. The van der Waals surface area contributed by atoms with Gasteiger partial charge in [0.1, 0.15) is 31.0 Å². The second kappa shape index (κ2) is 31.0. The number of methoxy groups -OCH3 is 2. The molecule has 2 aliphatic heterocycles. The van der Waals surface area contributed by atoms with Gasteiger partial charge in [0.25, 0.3) is 11.8 Å². The standard InChI is InChI=1S/C62H93N7O16Si2/c1-17-29-81-60(76)67-53(39(2)3)55(71)64-40(4)54(70)65-42-25-23-41(24-26-42)36-82-59(75)66-47-34-51(49(77-11)32-45(47)56(72)68-27-18-21-43(68)37-83-86(13,14)61(5,6)7)79-30-20-31-80-52-35-48(85-58(63)74)46(33-50(52)78-12)57(73)69-28-19-22-44(69)38-84-87(15,16)62(8,9)10/h17,23-26,32-35,39-40,43-44,53H,1,18-22,27-31,36-38H2,2-16H3,(H2,63,74)(H,64,71)(H,65,70)(H,66,75)(H,67,76)/t40?,43-,44-,53?/m0/s1. The first-order chi connectivity index (χ1) is 40.8. The van der Waals surface area contributed by atoms with Crippen molar-refractivity contribution in [2.75, 3.05) is 71.0 Å². The zero-order valence-electron chi connectivity index (χ0n) is 53.5. The van der Waals surface area contributed by atoms with Crippen molar-refractivity contribution in [1.82, 2.24) is 20.4 Å². The lowest BCUT2D eigenvalue weighted by Crippen LogP contribution is -2.53. The number of nitrogens with two attached hydrogens (primary N) is 1. The molecule has 2 heterocycles. The molecule has 3 aromatic rings. The van der Waals surface area contributed by atoms with E-state index in [0.29, 0.717) is 37.6 Å². The molecule has 2 saturated heterocycles. The first-order valence-corrected chi connectivity index (χ1v) is 35.4. The van der Waals surface area contributed by atoms with Crippen molar-refractivity contribution in [3.63, 3.8) is 0 Å². The third-order valence-electron chi connectivity index (χ3n) is 16.3. The summed E-state index contributed by atoms with van der Waals surface area (Å²) in [5.74, 6) is -1.41. The van der Waals surface area contributed by atoms with Gasteiger partial charge in [-0.2, -0.15) is 0 Å². The van der Waals surface area contributed by atoms with Gasteiger partial charge in [0.05, 0.1) is 69.5 Å². The van der Waals surface area contributed by atoms with Gasteiger partial charge in [-0.1, -0.05) is 80.2 Å². The molecule has 0 radical (unpaired) electrons. The van der Waals surface area contributed by atoms with Crippen LogP contribution in [0.25, 0.3) is 0 Å². The van der Waals surface area contributed by atoms with E-state index in [2.05, 4.69) is 95.6 Å². The molecular weight excluding hydrogens is 1150 g/mol. The maximum Gasteiger partial charge on any atom is 0.411 e. The summed E-state index contributed by atoms with van der Waals surface area (Å²) in [6, 6.07) is 10.1. The van der Waals surface area contributed by atoms with E-state index >= 15 is 0 Å². The number of ether oxygens (including phenoxy) is 7. The molecule has 87 heavy (non-hydrogen) atoms. The van der Waals surface area contributed by atoms with Crippen molar-refractivity contribution < 1.29 is 75.6 Å². The molecule has 3 aromatic carbocycles. The van der Waals surface area contributed by atoms with Gasteiger partial charge >= 0.3 is 18.3 Å². The molecule has 7 amide bonds. The van der Waals surface area contributed by atoms with E-state index in [1.807, 2.05) is 0 Å². The Morgan fingerprint density at radius 2 is 1.18 bits per heavy atom. The van der Waals surface area contributed by atoms with E-state index in [1.165, 1.54) is 51.5 Å². The lowest BCUT2D eigenvalue weighted by molar-refractivity contribution is -0.128. The molecule has 0 aromatic heterocycles. The summed E-state index contributed by atoms with van der Waals surface area (Å²) >= 11 is 0. The number of carbonyl (C=O) groups is 7. The third-order valence-corrected chi connectivity index (χ3v) is 25.3. The normalized spacial score (nSPS) is 16.0. The first-order valence-electron chi connectivity index (χ1n) is 29.6. The number of anilines is 2. The summed E-state index contributed by atoms with van der Waals surface area (Å²) < 4.78 is 53.0. The van der Waals surface area contributed by atoms with Crippen molar-refractivity contribution in [3.05, 3.63) is 77.9 Å². The second-order valence-corrected chi connectivity index (χ2v) is 34.7. The predicted molar refractivity (Wildman–Crippen MR) is 336 cm³/mol. The highest BCUT2D eigenvalue weighted by molar-refractivity contribution is 6.74. The summed E-state index contributed by atoms with van der Waals surface area (Å²) in [5.41, 5.74) is 6.78. The Morgan fingerprint density at radius 3 is 1.68 bits per heavy atom. The SMILES string of the molecule is C=CCOC(=O)NC(C(=O)NC(C)C(=O)Nc1ccc(COC(=O)Nc2cc(OCCCOc3cc(OC(N)=O)c(C(=O)N4CCC[C@H]4CO[Si](C)(C)C(C)(C)C)cc3OC)c(OC)cc2C(=O)N2CCC[C@H]2CO[Si](C)(C)C(C)(C)C)cc1)C(C)C. The zero-order chi connectivity index (χ0) is 64.6. The minimum atomic E-state index is -2.17. The van der Waals surface area contributed by atoms with E-state index in [9.17, 15) is 33.6 Å². The van der Waals surface area contributed by atoms with Crippen LogP contribution in [-0.4, -0.2) is 153 Å². The number of rotatable bonds is 28. The molecule has 0 aliphatic carbocycles. The molecule has 25 heteroatoms. The predicted octanol–water partition coefficient (Wildman–Crippen LogP) is 10.4. The van der Waals surface area contributed by atoms with E-state index in [-0.39, 0.29) is 118 Å². The van der Waals surface area contributed by atoms with Gasteiger partial charge in [-0.25, -0.2) is 14.4 Å². The van der Waals surface area contributed by atoms with Crippen molar-refractivity contribution in [2.45, 2.75) is 161 Å². The molecule has 2 fully saturated rings. The van der Waals surface area contributed by atoms with Crippen LogP contribution in [0.2, 0.25) is 36.3 Å². The van der Waals surface area contributed by atoms with Crippen molar-refractivity contribution >= 4 is 69.9 Å². The second-order valence-electron chi connectivity index (χ2n) is 25.1. The molecule has 0 saturated carbocycles. The fraction of sp³-hybridized carbons (Fsp3) is 0.565. The summed E-state index contributed by atoms with van der Waals surface area (Å²) in [7, 11) is -1.41. The third kappa shape index (κ3) is 19.6. The molecular formula is C62H93N7O16Si2. The quantitative estimate of drug-likeness (QED) is 0.0257. The van der Waals surface area contributed by atoms with Crippen molar-refractivity contribution in [1.29, 1.82) is 0 Å². The van der Waals surface area contributed by atoms with Crippen molar-refractivity contribution in [3.8, 4) is 28.7 Å². The fourth-order valence-corrected chi connectivity index (χ4v) is 11.1. The minimum Gasteiger partial charge on any atom is -0.493 e. The number of likely N-dealkylation sites (tertiary alicyclic amines) is 2. The number of nitrogens with zero attached hydrogens (tertiary/aromatic N) is 2. The molecule has 5 rings (SSSR count). The average Bonchev–Trinajstić information content (AvgIpc) is 1.99. The maximum atomic E-state index is 14.7. The van der Waals surface area contributed by atoms with Gasteiger partial charge in [-0.05, 0) is 98.6 Å². The molecule has 0 spiro atoms. The van der Waals surface area contributed by atoms with Gasteiger partial charge in [0.15, 0.2) is 39.6 Å². The number of benzene rings is 3. The number of amides is 7. The van der Waals surface area contributed by atoms with E-state index in [1.54, 1.807) is 47.9 Å². The Hall–Kier alpha value is -7.36. The van der Waals surface area contributed by atoms with Crippen molar-refractivity contribution in [2.24, 2.45) is 11.7 Å². The van der Waals surface area contributed by atoms with Crippen LogP contribution in [0.3, 0.4) is 0 Å². The maximum absolute atomic E-state index is 14.7. The summed E-state index contributed by atoms with van der Waals surface area (Å²) in [4.78, 5) is 96.7. The Labute approximate surface area is 514 Å². The Bertz CT molecular complexity index is 2910. The largest absolute Gasteiger partial charge is 0.493 e. The number of primary amides is 1. The molecule has 2 unspecified atom stereocenters. The number of hydrogen-bond acceptors (Lipinski definition) is 16. The van der Waals surface area contributed by atoms with Crippen LogP contribution in [0.5, 0.6) is 28.7 Å². The van der Waals surface area contributed by atoms with Crippen LogP contribution in [0.15, 0.2) is 61.2 Å². The molecule has 2 aliphatic rings. The lowest BCUT2D eigenvalue weighted by atomic mass is 10.0. The van der Waals surface area contributed by atoms with E-state index in [0.717, 1.165) is 25.7 Å². The average molecular weight is 1250 g/mol. The highest BCUT2D eigenvalue weighted by atomic mass is 28.4. The highest BCUT2D eigenvalue weighted by Gasteiger charge is 2.42. The first kappa shape index (κ1) is 70.4. The summed E-state index contributed by atoms with van der Waals surface area (Å²) in [5, 5.41) is 10.6. The number of nitrogens with one attached hydrogen (secondary N) is 4. The van der Waals surface area contributed by atoms with Gasteiger partial charge in [-0.15, -0.1) is 0 Å². The molecule has 23 nitrogen and oxygen atoms in total. The van der Waals surface area contributed by atoms with Crippen LogP contribution in [-0.2, 0) is 34.5 Å². The highest BCUT2D eigenvalue weighted by Crippen LogP contribution is 2.41. The van der Waals surface area contributed by atoms with Crippen LogP contribution in [0, 0.1) is 5.92 Å². The molecule has 6 N–H and O–H groups in total. The van der Waals surface area contributed by atoms with E-state index in [4.69, 9.17) is 47.7 Å². The zero-order valence-corrected chi connectivity index (χ0v) is 55.5. The van der Waals surface area contributed by atoms with Gasteiger partial charge < -0.3 is 73.5 Å². The van der Waals surface area contributed by atoms with E-state index < -0.39 is 58.8 Å². The van der Waals surface area contributed by atoms with Crippen LogP contribution in [0.4, 0.5) is 25.8 Å². The summed E-state index contributed by atoms with van der Waals surface area (Å²) in [6.45, 7) is 31.7. The fourth-order valence-electron chi connectivity index (χ4n) is 9.05. The van der Waals surface area contributed by atoms with Gasteiger partial charge in [0, 0.05) is 43.4 Å². The van der Waals surface area contributed by atoms with Gasteiger partial charge in [0.2, 0.25) is 11.8 Å². The Kier molecular flexibility index (Phi) is 25.1. The van der Waals surface area contributed by atoms with Crippen LogP contribution < -0.4 is 50.7 Å². The lowest BCUT2D eigenvalue weighted by Gasteiger charge is -2.38. The topological polar surface area (TPSA) is 283 Å². The number of alkyl carbamates (subject to hydrolysis) is 1. The van der Waals surface area contributed by atoms with Crippen LogP contribution in [0.1, 0.15) is 121 Å². The smallest absolute Gasteiger partial charge is 0.411 e. The molecule has 480 valence electrons. The molecule has 4 atom stereocenters. The number of hydrogen-bond donors (Lipinski definition) is 5. The van der Waals surface area contributed by atoms with Crippen LogP contribution >= 0.6 is 0 Å². The molecule has 0 bridgehead atoms.